The van der Waals surface area contributed by atoms with Gasteiger partial charge in [0.1, 0.15) is 5.56 Å². The molecule has 1 aromatic rings. The third kappa shape index (κ3) is 5.27. The molecule has 0 spiro atoms. The largest absolute Gasteiger partial charge is 0.493 e. The lowest BCUT2D eigenvalue weighted by Gasteiger charge is -2.12. The summed E-state index contributed by atoms with van der Waals surface area (Å²) in [6.07, 6.45) is 3.06. The molecular formula is C16H23NO5. The van der Waals surface area contributed by atoms with E-state index >= 15 is 0 Å². The molecule has 0 aromatic heterocycles. The Kier molecular flexibility index (Phi) is 7.81. The maximum atomic E-state index is 12.0. The number of carbonyl (C=O) groups is 2. The highest BCUT2D eigenvalue weighted by molar-refractivity contribution is 5.94. The van der Waals surface area contributed by atoms with E-state index in [2.05, 4.69) is 12.2 Å². The van der Waals surface area contributed by atoms with Crippen molar-refractivity contribution in [1.29, 1.82) is 0 Å². The summed E-state index contributed by atoms with van der Waals surface area (Å²) in [5, 5.41) is 2.70. The molecule has 6 nitrogen and oxygen atoms in total. The Bertz CT molecular complexity index is 501. The summed E-state index contributed by atoms with van der Waals surface area (Å²) in [5.74, 6) is -0.218. The van der Waals surface area contributed by atoms with Crippen molar-refractivity contribution in [3.8, 4) is 11.5 Å². The van der Waals surface area contributed by atoms with E-state index in [1.165, 1.54) is 14.2 Å². The molecular weight excluding hydrogens is 286 g/mol. The second kappa shape index (κ2) is 9.65. The van der Waals surface area contributed by atoms with Crippen molar-refractivity contribution in [3.63, 3.8) is 0 Å². The van der Waals surface area contributed by atoms with Crippen molar-refractivity contribution in [2.24, 2.45) is 0 Å². The van der Waals surface area contributed by atoms with Gasteiger partial charge in [0.15, 0.2) is 18.1 Å². The first-order chi connectivity index (χ1) is 10.6. The van der Waals surface area contributed by atoms with Crippen molar-refractivity contribution in [2.75, 3.05) is 27.4 Å². The zero-order chi connectivity index (χ0) is 16.4. The molecule has 0 saturated heterocycles. The van der Waals surface area contributed by atoms with Gasteiger partial charge in [0.2, 0.25) is 0 Å². The Labute approximate surface area is 130 Å². The number of rotatable bonds is 9. The summed E-state index contributed by atoms with van der Waals surface area (Å²) in [5.41, 5.74) is 0.223. The van der Waals surface area contributed by atoms with Crippen LogP contribution in [0.2, 0.25) is 0 Å². The minimum atomic E-state index is -0.626. The smallest absolute Gasteiger partial charge is 0.342 e. The summed E-state index contributed by atoms with van der Waals surface area (Å²) in [7, 11) is 2.92. The van der Waals surface area contributed by atoms with Gasteiger partial charge in [-0.15, -0.1) is 0 Å². The molecule has 0 fully saturated rings. The van der Waals surface area contributed by atoms with E-state index in [4.69, 9.17) is 14.2 Å². The van der Waals surface area contributed by atoms with Crippen LogP contribution in [0, 0.1) is 0 Å². The van der Waals surface area contributed by atoms with Crippen LogP contribution >= 0.6 is 0 Å². The summed E-state index contributed by atoms with van der Waals surface area (Å²) in [4.78, 5) is 23.6. The first-order valence-electron chi connectivity index (χ1n) is 7.28. The topological polar surface area (TPSA) is 73.9 Å². The van der Waals surface area contributed by atoms with Crippen LogP contribution in [0.5, 0.6) is 11.5 Å². The summed E-state index contributed by atoms with van der Waals surface area (Å²) in [6, 6.07) is 4.89. The van der Waals surface area contributed by atoms with Crippen molar-refractivity contribution in [2.45, 2.75) is 26.2 Å². The van der Waals surface area contributed by atoms with Gasteiger partial charge in [-0.25, -0.2) is 4.79 Å². The molecule has 1 aromatic carbocycles. The average molecular weight is 309 g/mol. The van der Waals surface area contributed by atoms with Crippen LogP contribution in [-0.2, 0) is 9.53 Å². The van der Waals surface area contributed by atoms with E-state index in [0.29, 0.717) is 18.0 Å². The fourth-order valence-electron chi connectivity index (χ4n) is 1.91. The van der Waals surface area contributed by atoms with Gasteiger partial charge >= 0.3 is 5.97 Å². The molecule has 0 radical (unpaired) electrons. The Hall–Kier alpha value is -2.24. The number of unbranched alkanes of at least 4 members (excludes halogenated alkanes) is 2. The minimum Gasteiger partial charge on any atom is -0.493 e. The zero-order valence-corrected chi connectivity index (χ0v) is 13.3. The predicted molar refractivity (Wildman–Crippen MR) is 82.4 cm³/mol. The number of methoxy groups -OCH3 is 2. The van der Waals surface area contributed by atoms with Crippen LogP contribution in [0.4, 0.5) is 0 Å². The second-order valence-corrected chi connectivity index (χ2v) is 4.67. The maximum absolute atomic E-state index is 12.0. The van der Waals surface area contributed by atoms with Gasteiger partial charge in [0.25, 0.3) is 5.91 Å². The van der Waals surface area contributed by atoms with Gasteiger partial charge in [-0.1, -0.05) is 25.8 Å². The molecule has 6 heteroatoms. The lowest BCUT2D eigenvalue weighted by atomic mass is 10.2. The van der Waals surface area contributed by atoms with E-state index in [-0.39, 0.29) is 18.1 Å². The Morgan fingerprint density at radius 1 is 1.14 bits per heavy atom. The maximum Gasteiger partial charge on any atom is 0.342 e. The lowest BCUT2D eigenvalue weighted by Crippen LogP contribution is -2.29. The molecule has 22 heavy (non-hydrogen) atoms. The van der Waals surface area contributed by atoms with Crippen molar-refractivity contribution < 1.29 is 23.8 Å². The highest BCUT2D eigenvalue weighted by Crippen LogP contribution is 2.30. The third-order valence-electron chi connectivity index (χ3n) is 3.06. The fourth-order valence-corrected chi connectivity index (χ4v) is 1.91. The number of hydrogen-bond acceptors (Lipinski definition) is 5. The normalized spacial score (nSPS) is 9.95. The average Bonchev–Trinajstić information content (AvgIpc) is 2.55. The molecule has 0 atom stereocenters. The quantitative estimate of drug-likeness (QED) is 0.559. The van der Waals surface area contributed by atoms with Crippen LogP contribution in [0.15, 0.2) is 18.2 Å². The van der Waals surface area contributed by atoms with Crippen molar-refractivity contribution >= 4 is 11.9 Å². The summed E-state index contributed by atoms with van der Waals surface area (Å²) in [6.45, 7) is 2.36. The minimum absolute atomic E-state index is 0.223. The van der Waals surface area contributed by atoms with Crippen LogP contribution in [0.1, 0.15) is 36.5 Å². The molecule has 0 aliphatic carbocycles. The Morgan fingerprint density at radius 2 is 1.91 bits per heavy atom. The molecule has 0 unspecified atom stereocenters. The van der Waals surface area contributed by atoms with Gasteiger partial charge in [0.05, 0.1) is 14.2 Å². The SMILES string of the molecule is CCCCCNC(=O)COC(=O)c1cccc(OC)c1OC. The molecule has 0 saturated carbocycles. The number of amides is 1. The molecule has 1 amide bonds. The Morgan fingerprint density at radius 3 is 2.55 bits per heavy atom. The van der Waals surface area contributed by atoms with E-state index in [9.17, 15) is 9.59 Å². The van der Waals surface area contributed by atoms with Crippen LogP contribution in [-0.4, -0.2) is 39.2 Å². The van der Waals surface area contributed by atoms with Crippen LogP contribution in [0.3, 0.4) is 0 Å². The Balaban J connectivity index is 2.54. The van der Waals surface area contributed by atoms with Gasteiger partial charge < -0.3 is 19.5 Å². The predicted octanol–water partition coefficient (Wildman–Crippen LogP) is 2.17. The first-order valence-corrected chi connectivity index (χ1v) is 7.28. The van der Waals surface area contributed by atoms with Crippen molar-refractivity contribution in [1.82, 2.24) is 5.32 Å². The number of nitrogens with one attached hydrogen (secondary N) is 1. The van der Waals surface area contributed by atoms with E-state index in [1.807, 2.05) is 0 Å². The van der Waals surface area contributed by atoms with Gasteiger partial charge in [-0.05, 0) is 18.6 Å². The highest BCUT2D eigenvalue weighted by Gasteiger charge is 2.18. The molecule has 0 aliphatic rings. The van der Waals surface area contributed by atoms with E-state index < -0.39 is 5.97 Å². The monoisotopic (exact) mass is 309 g/mol. The van der Waals surface area contributed by atoms with Crippen LogP contribution < -0.4 is 14.8 Å². The van der Waals surface area contributed by atoms with Gasteiger partial charge in [0, 0.05) is 6.54 Å². The number of para-hydroxylation sites is 1. The number of benzene rings is 1. The number of hydrogen-bond donors (Lipinski definition) is 1. The number of carbonyl (C=O) groups excluding carboxylic acids is 2. The summed E-state index contributed by atoms with van der Waals surface area (Å²) < 4.78 is 15.3. The first kappa shape index (κ1) is 17.8. The molecule has 122 valence electrons. The second-order valence-electron chi connectivity index (χ2n) is 4.67. The number of ether oxygens (including phenoxy) is 3. The molecule has 0 bridgehead atoms. The standard InChI is InChI=1S/C16H23NO5/c1-4-5-6-10-17-14(18)11-22-16(19)12-8-7-9-13(20-2)15(12)21-3/h7-9H,4-6,10-11H2,1-3H3,(H,17,18). The fraction of sp³-hybridized carbons (Fsp3) is 0.500. The lowest BCUT2D eigenvalue weighted by molar-refractivity contribution is -0.124. The molecule has 0 heterocycles. The molecule has 1 rings (SSSR count). The molecule has 0 aliphatic heterocycles. The summed E-state index contributed by atoms with van der Waals surface area (Å²) >= 11 is 0. The van der Waals surface area contributed by atoms with Crippen LogP contribution in [0.25, 0.3) is 0 Å². The number of esters is 1. The zero-order valence-electron chi connectivity index (χ0n) is 13.3. The van der Waals surface area contributed by atoms with E-state index in [1.54, 1.807) is 18.2 Å². The third-order valence-corrected chi connectivity index (χ3v) is 3.06. The van der Waals surface area contributed by atoms with Gasteiger partial charge in [-0.3, -0.25) is 4.79 Å². The van der Waals surface area contributed by atoms with Crippen molar-refractivity contribution in [3.05, 3.63) is 23.8 Å². The van der Waals surface area contributed by atoms with E-state index in [0.717, 1.165) is 19.3 Å². The molecule has 1 N–H and O–H groups in total. The highest BCUT2D eigenvalue weighted by atomic mass is 16.5. The van der Waals surface area contributed by atoms with Gasteiger partial charge in [-0.2, -0.15) is 0 Å².